The van der Waals surface area contributed by atoms with Crippen molar-refractivity contribution in [3.05, 3.63) is 29.8 Å². The SMILES string of the molecule is CC(=O)c1ccc(S(=O)(=O)NC[C@@H]2CCS(=O)(=O)C2)cc1. The molecular formula is C13H17NO5S2. The van der Waals surface area contributed by atoms with Crippen LogP contribution in [-0.4, -0.2) is 40.7 Å². The van der Waals surface area contributed by atoms with Gasteiger partial charge in [-0.15, -0.1) is 0 Å². The van der Waals surface area contributed by atoms with Gasteiger partial charge >= 0.3 is 0 Å². The highest BCUT2D eigenvalue weighted by molar-refractivity contribution is 7.91. The Morgan fingerprint density at radius 1 is 1.29 bits per heavy atom. The van der Waals surface area contributed by atoms with Crippen LogP contribution in [0.3, 0.4) is 0 Å². The molecule has 8 heteroatoms. The Hall–Kier alpha value is -1.25. The zero-order chi connectivity index (χ0) is 15.7. The van der Waals surface area contributed by atoms with Gasteiger partial charge in [0.2, 0.25) is 10.0 Å². The van der Waals surface area contributed by atoms with Gasteiger partial charge in [-0.1, -0.05) is 12.1 Å². The van der Waals surface area contributed by atoms with Gasteiger partial charge < -0.3 is 0 Å². The Kier molecular flexibility index (Phi) is 4.50. The lowest BCUT2D eigenvalue weighted by Gasteiger charge is -2.10. The van der Waals surface area contributed by atoms with E-state index >= 15 is 0 Å². The fourth-order valence-corrected chi connectivity index (χ4v) is 5.19. The Balaban J connectivity index is 2.03. The van der Waals surface area contributed by atoms with Crippen LogP contribution in [0.5, 0.6) is 0 Å². The van der Waals surface area contributed by atoms with Gasteiger partial charge in [-0.3, -0.25) is 4.79 Å². The van der Waals surface area contributed by atoms with Crippen molar-refractivity contribution in [2.75, 3.05) is 18.1 Å². The maximum atomic E-state index is 12.1. The second-order valence-corrected chi connectivity index (χ2v) is 9.20. The molecule has 6 nitrogen and oxygen atoms in total. The van der Waals surface area contributed by atoms with Crippen molar-refractivity contribution in [2.24, 2.45) is 5.92 Å². The number of rotatable bonds is 5. The van der Waals surface area contributed by atoms with E-state index in [0.717, 1.165) is 0 Å². The molecule has 1 atom stereocenters. The van der Waals surface area contributed by atoms with E-state index in [1.165, 1.54) is 31.2 Å². The molecule has 116 valence electrons. The third-order valence-electron chi connectivity index (χ3n) is 3.46. The fourth-order valence-electron chi connectivity index (χ4n) is 2.21. The summed E-state index contributed by atoms with van der Waals surface area (Å²) < 4.78 is 49.3. The lowest BCUT2D eigenvalue weighted by molar-refractivity contribution is 0.101. The van der Waals surface area contributed by atoms with Gasteiger partial charge in [0.15, 0.2) is 15.6 Å². The first-order valence-electron chi connectivity index (χ1n) is 6.51. The average molecular weight is 331 g/mol. The van der Waals surface area contributed by atoms with Crippen molar-refractivity contribution in [1.29, 1.82) is 0 Å². The summed E-state index contributed by atoms with van der Waals surface area (Å²) in [6.45, 7) is 1.51. The van der Waals surface area contributed by atoms with E-state index in [9.17, 15) is 21.6 Å². The number of hydrogen-bond donors (Lipinski definition) is 1. The van der Waals surface area contributed by atoms with Crippen LogP contribution in [0.4, 0.5) is 0 Å². The Morgan fingerprint density at radius 3 is 2.38 bits per heavy atom. The second kappa shape index (κ2) is 5.86. The number of ketones is 1. The molecule has 1 aliphatic heterocycles. The highest BCUT2D eigenvalue weighted by Gasteiger charge is 2.28. The van der Waals surface area contributed by atoms with Crippen LogP contribution >= 0.6 is 0 Å². The Morgan fingerprint density at radius 2 is 1.90 bits per heavy atom. The minimum atomic E-state index is -3.68. The summed E-state index contributed by atoms with van der Waals surface area (Å²) >= 11 is 0. The molecule has 0 amide bonds. The first-order valence-corrected chi connectivity index (χ1v) is 9.81. The highest BCUT2D eigenvalue weighted by Crippen LogP contribution is 2.18. The van der Waals surface area contributed by atoms with Crippen molar-refractivity contribution in [3.8, 4) is 0 Å². The van der Waals surface area contributed by atoms with E-state index in [4.69, 9.17) is 0 Å². The van der Waals surface area contributed by atoms with Crippen molar-refractivity contribution < 1.29 is 21.6 Å². The van der Waals surface area contributed by atoms with E-state index < -0.39 is 19.9 Å². The van der Waals surface area contributed by atoms with E-state index in [-0.39, 0.29) is 34.6 Å². The van der Waals surface area contributed by atoms with E-state index in [0.29, 0.717) is 12.0 Å². The lowest BCUT2D eigenvalue weighted by Crippen LogP contribution is -2.30. The largest absolute Gasteiger partial charge is 0.295 e. The molecule has 1 aliphatic rings. The van der Waals surface area contributed by atoms with Gasteiger partial charge in [0.25, 0.3) is 0 Å². The minimum absolute atomic E-state index is 0.0266. The molecule has 0 unspecified atom stereocenters. The number of nitrogens with one attached hydrogen (secondary N) is 1. The number of sulfone groups is 1. The molecule has 21 heavy (non-hydrogen) atoms. The summed E-state index contributed by atoms with van der Waals surface area (Å²) in [5.74, 6) is -0.171. The van der Waals surface area contributed by atoms with Crippen LogP contribution < -0.4 is 4.72 Å². The fraction of sp³-hybridized carbons (Fsp3) is 0.462. The van der Waals surface area contributed by atoms with Crippen LogP contribution in [0, 0.1) is 5.92 Å². The van der Waals surface area contributed by atoms with Gasteiger partial charge in [-0.2, -0.15) is 0 Å². The van der Waals surface area contributed by atoms with E-state index in [1.54, 1.807) is 0 Å². The molecule has 0 aromatic heterocycles. The number of benzene rings is 1. The average Bonchev–Trinajstić information content (AvgIpc) is 2.76. The van der Waals surface area contributed by atoms with E-state index in [2.05, 4.69) is 4.72 Å². The van der Waals surface area contributed by atoms with Gasteiger partial charge in [-0.25, -0.2) is 21.6 Å². The maximum Gasteiger partial charge on any atom is 0.240 e. The van der Waals surface area contributed by atoms with Crippen LogP contribution in [0.1, 0.15) is 23.7 Å². The highest BCUT2D eigenvalue weighted by atomic mass is 32.2. The molecule has 0 saturated carbocycles. The standard InChI is InChI=1S/C13H17NO5S2/c1-10(15)12-2-4-13(5-3-12)21(18,19)14-8-11-6-7-20(16,17)9-11/h2-5,11,14H,6-9H2,1H3/t11-/m0/s1. The monoisotopic (exact) mass is 331 g/mol. The van der Waals surface area contributed by atoms with E-state index in [1.807, 2.05) is 0 Å². The molecule has 0 aliphatic carbocycles. The van der Waals surface area contributed by atoms with Crippen molar-refractivity contribution >= 4 is 25.6 Å². The molecule has 0 radical (unpaired) electrons. The van der Waals surface area contributed by atoms with Crippen LogP contribution in [0.15, 0.2) is 29.2 Å². The molecule has 2 rings (SSSR count). The molecule has 1 saturated heterocycles. The van der Waals surface area contributed by atoms with Crippen molar-refractivity contribution in [1.82, 2.24) is 4.72 Å². The number of carbonyl (C=O) groups is 1. The first-order chi connectivity index (χ1) is 9.70. The lowest BCUT2D eigenvalue weighted by atomic mass is 10.1. The molecule has 1 fully saturated rings. The Bertz CT molecular complexity index is 735. The third-order valence-corrected chi connectivity index (χ3v) is 6.74. The second-order valence-electron chi connectivity index (χ2n) is 5.20. The number of Topliss-reactive ketones (excluding diaryl/α,β-unsaturated/α-hetero) is 1. The molecule has 1 N–H and O–H groups in total. The quantitative estimate of drug-likeness (QED) is 0.797. The summed E-state index contributed by atoms with van der Waals surface area (Å²) in [6.07, 6.45) is 0.480. The van der Waals surface area contributed by atoms with Gasteiger partial charge in [0.05, 0.1) is 16.4 Å². The number of carbonyl (C=O) groups excluding carboxylic acids is 1. The molecular weight excluding hydrogens is 314 g/mol. The van der Waals surface area contributed by atoms with Crippen LogP contribution in [0.25, 0.3) is 0 Å². The van der Waals surface area contributed by atoms with Crippen LogP contribution in [0.2, 0.25) is 0 Å². The normalized spacial score (nSPS) is 21.3. The first kappa shape index (κ1) is 16.1. The minimum Gasteiger partial charge on any atom is -0.295 e. The van der Waals surface area contributed by atoms with Gasteiger partial charge in [-0.05, 0) is 31.4 Å². The van der Waals surface area contributed by atoms with Crippen molar-refractivity contribution in [2.45, 2.75) is 18.2 Å². The summed E-state index contributed by atoms with van der Waals surface area (Å²) in [5.41, 5.74) is 0.441. The molecule has 1 aromatic carbocycles. The molecule has 1 heterocycles. The summed E-state index contributed by atoms with van der Waals surface area (Å²) in [4.78, 5) is 11.2. The predicted molar refractivity (Wildman–Crippen MR) is 78.4 cm³/mol. The summed E-state index contributed by atoms with van der Waals surface area (Å²) in [6, 6.07) is 5.64. The maximum absolute atomic E-state index is 12.1. The van der Waals surface area contributed by atoms with Crippen molar-refractivity contribution in [3.63, 3.8) is 0 Å². The summed E-state index contributed by atoms with van der Waals surface area (Å²) in [7, 11) is -6.70. The number of hydrogen-bond acceptors (Lipinski definition) is 5. The smallest absolute Gasteiger partial charge is 0.240 e. The zero-order valence-corrected chi connectivity index (χ0v) is 13.2. The zero-order valence-electron chi connectivity index (χ0n) is 11.6. The van der Waals surface area contributed by atoms with Gasteiger partial charge in [0, 0.05) is 12.1 Å². The Labute approximate surface area is 124 Å². The van der Waals surface area contributed by atoms with Gasteiger partial charge in [0.1, 0.15) is 0 Å². The molecule has 0 bridgehead atoms. The number of sulfonamides is 1. The summed E-state index contributed by atoms with van der Waals surface area (Å²) in [5, 5.41) is 0. The molecule has 1 aromatic rings. The van der Waals surface area contributed by atoms with Crippen LogP contribution in [-0.2, 0) is 19.9 Å². The third kappa shape index (κ3) is 4.12. The predicted octanol–water partition coefficient (Wildman–Crippen LogP) is 0.602. The topological polar surface area (TPSA) is 97.4 Å². The molecule has 0 spiro atoms.